The largest absolute Gasteiger partial charge is 0.507 e. The van der Waals surface area contributed by atoms with Crippen molar-refractivity contribution < 1.29 is 9.90 Å². The summed E-state index contributed by atoms with van der Waals surface area (Å²) in [5.74, 6) is 0.504. The smallest absolute Gasteiger partial charge is 0.251 e. The summed E-state index contributed by atoms with van der Waals surface area (Å²) in [5, 5.41) is 20.1. The van der Waals surface area contributed by atoms with E-state index in [1.807, 2.05) is 36.6 Å². The van der Waals surface area contributed by atoms with Gasteiger partial charge >= 0.3 is 0 Å². The summed E-state index contributed by atoms with van der Waals surface area (Å²) in [5.41, 5.74) is 0.409. The molecule has 7 heteroatoms. The van der Waals surface area contributed by atoms with Crippen molar-refractivity contribution in [2.45, 2.75) is 13.0 Å². The normalized spacial score (nSPS) is 12.2. The van der Waals surface area contributed by atoms with Crippen molar-refractivity contribution in [3.63, 3.8) is 0 Å². The maximum atomic E-state index is 12.0. The predicted molar refractivity (Wildman–Crippen MR) is 77.7 cm³/mol. The summed E-state index contributed by atoms with van der Waals surface area (Å²) in [7, 11) is 1.81. The highest BCUT2D eigenvalue weighted by atomic mass is 127. The Bertz CT molecular complexity index is 612. The molecule has 0 fully saturated rings. The Kier molecular flexibility index (Phi) is 4.03. The van der Waals surface area contributed by atoms with Crippen LogP contribution in [0.25, 0.3) is 0 Å². The molecule has 1 aromatic heterocycles. The molecule has 2 aromatic rings. The van der Waals surface area contributed by atoms with Crippen LogP contribution >= 0.6 is 22.6 Å². The Hall–Kier alpha value is -1.64. The summed E-state index contributed by atoms with van der Waals surface area (Å²) < 4.78 is 2.45. The highest BCUT2D eigenvalue weighted by Crippen LogP contribution is 2.20. The van der Waals surface area contributed by atoms with E-state index < -0.39 is 0 Å². The molecule has 0 saturated heterocycles. The van der Waals surface area contributed by atoms with Crippen molar-refractivity contribution in [2.75, 3.05) is 0 Å². The first-order valence-corrected chi connectivity index (χ1v) is 6.70. The van der Waals surface area contributed by atoms with Crippen LogP contribution in [0.2, 0.25) is 0 Å². The average Bonchev–Trinajstić information content (AvgIpc) is 2.79. The maximum Gasteiger partial charge on any atom is 0.251 e. The summed E-state index contributed by atoms with van der Waals surface area (Å²) in [4.78, 5) is 12.0. The number of aromatic nitrogens is 3. The summed E-state index contributed by atoms with van der Waals surface area (Å²) in [6.45, 7) is 1.83. The number of aryl methyl sites for hydroxylation is 1. The zero-order valence-corrected chi connectivity index (χ0v) is 12.6. The fourth-order valence-corrected chi connectivity index (χ4v) is 2.02. The number of aromatic hydroxyl groups is 1. The first-order valence-electron chi connectivity index (χ1n) is 5.62. The maximum absolute atomic E-state index is 12.0. The molecule has 0 aliphatic carbocycles. The summed E-state index contributed by atoms with van der Waals surface area (Å²) >= 11 is 2.00. The molecule has 100 valence electrons. The number of hydrogen-bond acceptors (Lipinski definition) is 4. The molecule has 6 nitrogen and oxygen atoms in total. The third-order valence-electron chi connectivity index (χ3n) is 2.69. The van der Waals surface area contributed by atoms with Crippen LogP contribution < -0.4 is 5.32 Å². The van der Waals surface area contributed by atoms with Gasteiger partial charge in [0.25, 0.3) is 5.91 Å². The van der Waals surface area contributed by atoms with E-state index in [4.69, 9.17) is 0 Å². The number of rotatable bonds is 3. The van der Waals surface area contributed by atoms with Crippen molar-refractivity contribution in [2.24, 2.45) is 7.05 Å². The molecule has 1 heterocycles. The molecular formula is C12H13IN4O2. The van der Waals surface area contributed by atoms with Crippen LogP contribution in [0.5, 0.6) is 5.75 Å². The van der Waals surface area contributed by atoms with E-state index in [1.165, 1.54) is 6.07 Å². The van der Waals surface area contributed by atoms with Crippen LogP contribution in [0.3, 0.4) is 0 Å². The Morgan fingerprint density at radius 3 is 2.84 bits per heavy atom. The minimum Gasteiger partial charge on any atom is -0.507 e. The van der Waals surface area contributed by atoms with E-state index in [1.54, 1.807) is 23.0 Å². The van der Waals surface area contributed by atoms with Crippen molar-refractivity contribution in [3.8, 4) is 5.75 Å². The van der Waals surface area contributed by atoms with E-state index in [2.05, 4.69) is 15.5 Å². The van der Waals surface area contributed by atoms with E-state index in [0.29, 0.717) is 15.0 Å². The second-order valence-corrected chi connectivity index (χ2v) is 5.32. The number of carbonyl (C=O) groups is 1. The van der Waals surface area contributed by atoms with Crippen LogP contribution in [0.15, 0.2) is 24.5 Å². The van der Waals surface area contributed by atoms with Gasteiger partial charge in [-0.2, -0.15) is 0 Å². The lowest BCUT2D eigenvalue weighted by Gasteiger charge is -2.13. The minimum atomic E-state index is -0.263. The van der Waals surface area contributed by atoms with Gasteiger partial charge in [-0.05, 0) is 47.7 Å². The van der Waals surface area contributed by atoms with Crippen molar-refractivity contribution >= 4 is 28.5 Å². The summed E-state index contributed by atoms with van der Waals surface area (Å²) in [6.07, 6.45) is 1.58. The van der Waals surface area contributed by atoms with Gasteiger partial charge in [0.1, 0.15) is 12.1 Å². The van der Waals surface area contributed by atoms with Crippen LogP contribution in [0.4, 0.5) is 0 Å². The van der Waals surface area contributed by atoms with Crippen LogP contribution in [0, 0.1) is 3.57 Å². The predicted octanol–water partition coefficient (Wildman–Crippen LogP) is 1.62. The molecule has 1 atom stereocenters. The Morgan fingerprint density at radius 2 is 2.26 bits per heavy atom. The lowest BCUT2D eigenvalue weighted by molar-refractivity contribution is 0.0937. The van der Waals surface area contributed by atoms with Gasteiger partial charge in [0.2, 0.25) is 0 Å². The average molecular weight is 372 g/mol. The zero-order valence-electron chi connectivity index (χ0n) is 10.5. The quantitative estimate of drug-likeness (QED) is 0.803. The van der Waals surface area contributed by atoms with Crippen LogP contribution in [0.1, 0.15) is 29.1 Å². The molecule has 0 spiro atoms. The summed E-state index contributed by atoms with van der Waals surface area (Å²) in [6, 6.07) is 4.54. The van der Waals surface area contributed by atoms with Gasteiger partial charge in [0.05, 0.1) is 9.61 Å². The standard InChI is InChI=1S/C12H13IN4O2/c1-7(11-16-14-6-17(11)2)15-12(19)8-3-4-9(13)10(18)5-8/h3-7,18H,1-2H3,(H,15,19). The number of nitrogens with one attached hydrogen (secondary N) is 1. The SMILES string of the molecule is CC(NC(=O)c1ccc(I)c(O)c1)c1nncn1C. The molecule has 0 radical (unpaired) electrons. The third-order valence-corrected chi connectivity index (χ3v) is 3.60. The second-order valence-electron chi connectivity index (χ2n) is 4.16. The molecular weight excluding hydrogens is 359 g/mol. The van der Waals surface area contributed by atoms with Gasteiger partial charge in [0, 0.05) is 12.6 Å². The fraction of sp³-hybridized carbons (Fsp3) is 0.250. The van der Waals surface area contributed by atoms with Crippen molar-refractivity contribution in [1.29, 1.82) is 0 Å². The van der Waals surface area contributed by atoms with Crippen molar-refractivity contribution in [3.05, 3.63) is 39.5 Å². The van der Waals surface area contributed by atoms with Gasteiger partial charge in [-0.15, -0.1) is 10.2 Å². The molecule has 0 saturated carbocycles. The molecule has 1 amide bonds. The number of benzene rings is 1. The van der Waals surface area contributed by atoms with Gasteiger partial charge < -0.3 is 15.0 Å². The molecule has 0 aliphatic rings. The Labute approximate surface area is 124 Å². The number of phenolic OH excluding ortho intramolecular Hbond substituents is 1. The molecule has 2 N–H and O–H groups in total. The van der Waals surface area contributed by atoms with Gasteiger partial charge in [0.15, 0.2) is 5.82 Å². The number of amides is 1. The number of phenols is 1. The van der Waals surface area contributed by atoms with Crippen LogP contribution in [-0.2, 0) is 7.05 Å². The highest BCUT2D eigenvalue weighted by Gasteiger charge is 2.16. The minimum absolute atomic E-state index is 0.0968. The molecule has 1 unspecified atom stereocenters. The Morgan fingerprint density at radius 1 is 1.53 bits per heavy atom. The lowest BCUT2D eigenvalue weighted by atomic mass is 10.2. The Balaban J connectivity index is 2.13. The van der Waals surface area contributed by atoms with Crippen LogP contribution in [-0.4, -0.2) is 25.8 Å². The van der Waals surface area contributed by atoms with Gasteiger partial charge in [-0.1, -0.05) is 0 Å². The lowest BCUT2D eigenvalue weighted by Crippen LogP contribution is -2.28. The molecule has 0 bridgehead atoms. The number of halogens is 1. The van der Waals surface area contributed by atoms with E-state index in [0.717, 1.165) is 0 Å². The van der Waals surface area contributed by atoms with Crippen molar-refractivity contribution in [1.82, 2.24) is 20.1 Å². The number of carbonyl (C=O) groups excluding carboxylic acids is 1. The van der Waals surface area contributed by atoms with E-state index in [9.17, 15) is 9.90 Å². The topological polar surface area (TPSA) is 80.0 Å². The zero-order chi connectivity index (χ0) is 14.0. The molecule has 1 aromatic carbocycles. The molecule has 0 aliphatic heterocycles. The second kappa shape index (κ2) is 5.55. The number of hydrogen-bond donors (Lipinski definition) is 2. The molecule has 19 heavy (non-hydrogen) atoms. The number of nitrogens with zero attached hydrogens (tertiary/aromatic N) is 3. The monoisotopic (exact) mass is 372 g/mol. The van der Waals surface area contributed by atoms with E-state index in [-0.39, 0.29) is 17.7 Å². The fourth-order valence-electron chi connectivity index (χ4n) is 1.68. The highest BCUT2D eigenvalue weighted by molar-refractivity contribution is 14.1. The van der Waals surface area contributed by atoms with Gasteiger partial charge in [-0.3, -0.25) is 4.79 Å². The first-order chi connectivity index (χ1) is 8.99. The van der Waals surface area contributed by atoms with E-state index >= 15 is 0 Å². The third kappa shape index (κ3) is 3.03. The first kappa shape index (κ1) is 13.8. The van der Waals surface area contributed by atoms with Gasteiger partial charge in [-0.25, -0.2) is 0 Å². The molecule has 2 rings (SSSR count).